The first-order valence-corrected chi connectivity index (χ1v) is 7.82. The molecule has 2 rings (SSSR count). The van der Waals surface area contributed by atoms with E-state index in [1.165, 1.54) is 32.1 Å². The number of nitrogens with zero attached hydrogens (tertiary/aromatic N) is 2. The maximum Gasteiger partial charge on any atom is 0.243 e. The van der Waals surface area contributed by atoms with Crippen LogP contribution in [0, 0.1) is 5.92 Å². The van der Waals surface area contributed by atoms with Crippen LogP contribution < -0.4 is 5.73 Å². The Balaban J connectivity index is 1.90. The first-order valence-electron chi connectivity index (χ1n) is 7.82. The van der Waals surface area contributed by atoms with Crippen LogP contribution in [0.5, 0.6) is 0 Å². The van der Waals surface area contributed by atoms with Crippen LogP contribution in [0.1, 0.15) is 75.5 Å². The van der Waals surface area contributed by atoms with Gasteiger partial charge in [-0.3, -0.25) is 0 Å². The molecule has 0 saturated heterocycles. The summed E-state index contributed by atoms with van der Waals surface area (Å²) in [5.41, 5.74) is 6.08. The molecular formula is C15H27N3O2. The smallest absolute Gasteiger partial charge is 0.243 e. The predicted molar refractivity (Wildman–Crippen MR) is 77.3 cm³/mol. The van der Waals surface area contributed by atoms with Gasteiger partial charge in [0.25, 0.3) is 0 Å². The second-order valence-electron chi connectivity index (χ2n) is 5.87. The molecule has 0 aromatic carbocycles. The van der Waals surface area contributed by atoms with Gasteiger partial charge in [0.2, 0.25) is 5.89 Å². The molecule has 0 aliphatic heterocycles. The van der Waals surface area contributed by atoms with Gasteiger partial charge in [-0.25, -0.2) is 0 Å². The second kappa shape index (κ2) is 7.74. The van der Waals surface area contributed by atoms with Crippen LogP contribution in [0.15, 0.2) is 4.52 Å². The highest BCUT2D eigenvalue weighted by Gasteiger charge is 2.26. The summed E-state index contributed by atoms with van der Waals surface area (Å²) >= 11 is 0. The monoisotopic (exact) mass is 281 g/mol. The third-order valence-corrected chi connectivity index (χ3v) is 4.36. The highest BCUT2D eigenvalue weighted by molar-refractivity contribution is 5.00. The number of ether oxygens (including phenoxy) is 1. The fourth-order valence-electron chi connectivity index (χ4n) is 3.03. The van der Waals surface area contributed by atoms with Gasteiger partial charge in [-0.15, -0.1) is 0 Å². The van der Waals surface area contributed by atoms with Gasteiger partial charge in [0.05, 0.1) is 6.04 Å². The minimum absolute atomic E-state index is 0.169. The van der Waals surface area contributed by atoms with E-state index in [9.17, 15) is 0 Å². The van der Waals surface area contributed by atoms with Crippen LogP contribution in [0.2, 0.25) is 0 Å². The molecule has 3 unspecified atom stereocenters. The third kappa shape index (κ3) is 4.03. The van der Waals surface area contributed by atoms with Crippen molar-refractivity contribution in [1.29, 1.82) is 0 Å². The molecule has 1 aliphatic rings. The Labute approximate surface area is 121 Å². The molecule has 1 aromatic heterocycles. The van der Waals surface area contributed by atoms with Gasteiger partial charge in [0, 0.05) is 19.6 Å². The number of hydrogen-bond acceptors (Lipinski definition) is 5. The van der Waals surface area contributed by atoms with Crippen LogP contribution in [-0.4, -0.2) is 23.9 Å². The van der Waals surface area contributed by atoms with Crippen LogP contribution in [0.3, 0.4) is 0 Å². The first kappa shape index (κ1) is 15.4. The van der Waals surface area contributed by atoms with E-state index >= 15 is 0 Å². The van der Waals surface area contributed by atoms with Gasteiger partial charge in [0.1, 0.15) is 0 Å². The molecule has 0 spiro atoms. The van der Waals surface area contributed by atoms with Crippen LogP contribution >= 0.6 is 0 Å². The second-order valence-corrected chi connectivity index (χ2v) is 5.87. The Bertz CT molecular complexity index is 394. The summed E-state index contributed by atoms with van der Waals surface area (Å²) in [4.78, 5) is 4.54. The van der Waals surface area contributed by atoms with Gasteiger partial charge in [0.15, 0.2) is 5.82 Å². The summed E-state index contributed by atoms with van der Waals surface area (Å²) in [6, 6.07) is -0.169. The Kier molecular flexibility index (Phi) is 5.98. The van der Waals surface area contributed by atoms with E-state index in [2.05, 4.69) is 17.1 Å². The molecule has 20 heavy (non-hydrogen) atoms. The molecule has 1 heterocycles. The SMILES string of the molecule is CCC1CCCC(c2noc(C(N)CCCOC)n2)C1. The molecule has 114 valence electrons. The lowest BCUT2D eigenvalue weighted by Gasteiger charge is -2.26. The molecule has 3 atom stereocenters. The van der Waals surface area contributed by atoms with Crippen molar-refractivity contribution >= 4 is 0 Å². The summed E-state index contributed by atoms with van der Waals surface area (Å²) in [5.74, 6) is 2.71. The Morgan fingerprint density at radius 1 is 1.45 bits per heavy atom. The summed E-state index contributed by atoms with van der Waals surface area (Å²) in [7, 11) is 1.70. The topological polar surface area (TPSA) is 74.2 Å². The van der Waals surface area contributed by atoms with Gasteiger partial charge in [-0.1, -0.05) is 31.3 Å². The molecule has 5 nitrogen and oxygen atoms in total. The van der Waals surface area contributed by atoms with Crippen LogP contribution in [-0.2, 0) is 4.74 Å². The molecule has 5 heteroatoms. The minimum Gasteiger partial charge on any atom is -0.385 e. The summed E-state index contributed by atoms with van der Waals surface area (Å²) in [6.07, 6.45) is 7.95. The lowest BCUT2D eigenvalue weighted by Crippen LogP contribution is -2.15. The Hall–Kier alpha value is -0.940. The Morgan fingerprint density at radius 2 is 2.30 bits per heavy atom. The van der Waals surface area contributed by atoms with Crippen molar-refractivity contribution in [2.75, 3.05) is 13.7 Å². The summed E-state index contributed by atoms with van der Waals surface area (Å²) in [5, 5.41) is 4.16. The maximum atomic E-state index is 6.08. The van der Waals surface area contributed by atoms with Crippen LogP contribution in [0.25, 0.3) is 0 Å². The van der Waals surface area contributed by atoms with E-state index in [-0.39, 0.29) is 6.04 Å². The number of rotatable bonds is 7. The molecule has 1 saturated carbocycles. The van der Waals surface area contributed by atoms with E-state index in [4.69, 9.17) is 15.0 Å². The lowest BCUT2D eigenvalue weighted by molar-refractivity contribution is 0.188. The molecule has 0 amide bonds. The van der Waals surface area contributed by atoms with E-state index in [1.807, 2.05) is 0 Å². The summed E-state index contributed by atoms with van der Waals surface area (Å²) < 4.78 is 10.4. The van der Waals surface area contributed by atoms with Crippen molar-refractivity contribution in [3.05, 3.63) is 11.7 Å². The van der Waals surface area contributed by atoms with Gasteiger partial charge >= 0.3 is 0 Å². The van der Waals surface area contributed by atoms with Crippen molar-refractivity contribution in [3.8, 4) is 0 Å². The largest absolute Gasteiger partial charge is 0.385 e. The molecule has 0 radical (unpaired) electrons. The number of methoxy groups -OCH3 is 1. The van der Waals surface area contributed by atoms with E-state index in [0.29, 0.717) is 11.8 Å². The molecule has 1 fully saturated rings. The molecule has 2 N–H and O–H groups in total. The quantitative estimate of drug-likeness (QED) is 0.777. The van der Waals surface area contributed by atoms with Gasteiger partial charge < -0.3 is 15.0 Å². The summed E-state index contributed by atoms with van der Waals surface area (Å²) in [6.45, 7) is 2.98. The van der Waals surface area contributed by atoms with Crippen LogP contribution in [0.4, 0.5) is 0 Å². The van der Waals surface area contributed by atoms with E-state index in [1.54, 1.807) is 7.11 Å². The highest BCUT2D eigenvalue weighted by Crippen LogP contribution is 2.36. The van der Waals surface area contributed by atoms with E-state index < -0.39 is 0 Å². The zero-order valence-corrected chi connectivity index (χ0v) is 12.7. The van der Waals surface area contributed by atoms with Crippen molar-refractivity contribution in [2.45, 2.75) is 63.8 Å². The molecule has 0 bridgehead atoms. The zero-order valence-electron chi connectivity index (χ0n) is 12.7. The lowest BCUT2D eigenvalue weighted by atomic mass is 9.80. The molecule has 1 aromatic rings. The average Bonchev–Trinajstić information content (AvgIpc) is 2.97. The number of hydrogen-bond donors (Lipinski definition) is 1. The van der Waals surface area contributed by atoms with Crippen molar-refractivity contribution in [2.24, 2.45) is 11.7 Å². The highest BCUT2D eigenvalue weighted by atomic mass is 16.5. The number of aromatic nitrogens is 2. The fraction of sp³-hybridized carbons (Fsp3) is 0.867. The van der Waals surface area contributed by atoms with Crippen molar-refractivity contribution in [1.82, 2.24) is 10.1 Å². The molecule has 1 aliphatic carbocycles. The van der Waals surface area contributed by atoms with E-state index in [0.717, 1.165) is 31.2 Å². The first-order chi connectivity index (χ1) is 9.74. The predicted octanol–water partition coefficient (Wildman–Crippen LogP) is 3.18. The molecular weight excluding hydrogens is 254 g/mol. The number of nitrogens with two attached hydrogens (primary N) is 1. The third-order valence-electron chi connectivity index (χ3n) is 4.36. The fourth-order valence-corrected chi connectivity index (χ4v) is 3.03. The van der Waals surface area contributed by atoms with Gasteiger partial charge in [-0.05, 0) is 31.6 Å². The van der Waals surface area contributed by atoms with Crippen molar-refractivity contribution < 1.29 is 9.26 Å². The average molecular weight is 281 g/mol. The zero-order chi connectivity index (χ0) is 14.4. The normalized spacial score (nSPS) is 24.8. The Morgan fingerprint density at radius 3 is 3.05 bits per heavy atom. The standard InChI is InChI=1S/C15H27N3O2/c1-3-11-6-4-7-12(10-11)14-17-15(20-18-14)13(16)8-5-9-19-2/h11-13H,3-10,16H2,1-2H3. The van der Waals surface area contributed by atoms with Crippen molar-refractivity contribution in [3.63, 3.8) is 0 Å². The van der Waals surface area contributed by atoms with Gasteiger partial charge in [-0.2, -0.15) is 4.98 Å². The minimum atomic E-state index is -0.169. The maximum absolute atomic E-state index is 6.08.